The van der Waals surface area contributed by atoms with Crippen LogP contribution in [0.2, 0.25) is 0 Å². The summed E-state index contributed by atoms with van der Waals surface area (Å²) in [6, 6.07) is 8.54. The van der Waals surface area contributed by atoms with Crippen molar-refractivity contribution in [3.8, 4) is 0 Å². The lowest BCUT2D eigenvalue weighted by Gasteiger charge is -2.03. The molecule has 0 aliphatic carbocycles. The van der Waals surface area contributed by atoms with E-state index in [1.165, 1.54) is 0 Å². The highest BCUT2D eigenvalue weighted by atomic mass is 127. The van der Waals surface area contributed by atoms with E-state index in [-0.39, 0.29) is 17.3 Å². The Kier molecular flexibility index (Phi) is 6.11. The van der Waals surface area contributed by atoms with Crippen molar-refractivity contribution in [2.24, 2.45) is 0 Å². The zero-order valence-corrected chi connectivity index (χ0v) is 12.4. The summed E-state index contributed by atoms with van der Waals surface area (Å²) < 4.78 is 24.3. The summed E-state index contributed by atoms with van der Waals surface area (Å²) in [5.74, 6) is -0.590. The molecule has 0 saturated carbocycles. The van der Waals surface area contributed by atoms with Crippen LogP contribution in [0.3, 0.4) is 0 Å². The van der Waals surface area contributed by atoms with E-state index in [1.54, 1.807) is 30.3 Å². The van der Waals surface area contributed by atoms with E-state index in [0.29, 0.717) is 12.0 Å². The minimum atomic E-state index is -3.25. The quantitative estimate of drug-likeness (QED) is 0.323. The Morgan fingerprint density at radius 2 is 1.76 bits per heavy atom. The van der Waals surface area contributed by atoms with E-state index in [9.17, 15) is 13.2 Å². The molecule has 0 atom stereocenters. The lowest BCUT2D eigenvalue weighted by atomic mass is 10.2. The molecule has 0 bridgehead atoms. The van der Waals surface area contributed by atoms with Crippen LogP contribution in [0.25, 0.3) is 0 Å². The predicted molar refractivity (Wildman–Crippen MR) is 77.5 cm³/mol. The van der Waals surface area contributed by atoms with Gasteiger partial charge in [0.2, 0.25) is 0 Å². The normalized spacial score (nSPS) is 11.4. The smallest absolute Gasteiger partial charge is 0.177 e. The zero-order valence-electron chi connectivity index (χ0n) is 9.43. The molecule has 0 aromatic heterocycles. The van der Waals surface area contributed by atoms with Crippen LogP contribution in [0.1, 0.15) is 23.2 Å². The number of carbonyl (C=O) groups excluding carboxylic acids is 1. The topological polar surface area (TPSA) is 51.2 Å². The van der Waals surface area contributed by atoms with Gasteiger partial charge in [0.05, 0.1) is 5.75 Å². The largest absolute Gasteiger partial charge is 0.293 e. The third-order valence-corrected chi connectivity index (χ3v) is 4.66. The molecule has 0 radical (unpaired) electrons. The van der Waals surface area contributed by atoms with E-state index in [2.05, 4.69) is 22.6 Å². The standard InChI is InChI=1S/C12H15IO3S/c13-8-4-5-9-17(15,16)10-12(14)11-6-2-1-3-7-11/h1-3,6-7H,4-5,8-10H2. The van der Waals surface area contributed by atoms with E-state index in [0.717, 1.165) is 10.8 Å². The number of unbranched alkanes of at least 4 members (excludes halogenated alkanes) is 1. The Morgan fingerprint density at radius 3 is 2.35 bits per heavy atom. The van der Waals surface area contributed by atoms with Crippen LogP contribution in [-0.2, 0) is 9.84 Å². The van der Waals surface area contributed by atoms with Crippen molar-refractivity contribution < 1.29 is 13.2 Å². The highest BCUT2D eigenvalue weighted by molar-refractivity contribution is 14.1. The molecular formula is C12H15IO3S. The molecule has 0 saturated heterocycles. The predicted octanol–water partition coefficient (Wildman–Crippen LogP) is 2.50. The fraction of sp³-hybridized carbons (Fsp3) is 0.417. The SMILES string of the molecule is O=C(CS(=O)(=O)CCCCI)c1ccccc1. The molecule has 17 heavy (non-hydrogen) atoms. The number of hydrogen-bond donors (Lipinski definition) is 0. The van der Waals surface area contributed by atoms with Gasteiger partial charge in [0.1, 0.15) is 5.75 Å². The molecule has 0 aliphatic heterocycles. The molecule has 0 amide bonds. The molecular weight excluding hydrogens is 351 g/mol. The van der Waals surface area contributed by atoms with Gasteiger partial charge in [-0.2, -0.15) is 0 Å². The summed E-state index contributed by atoms with van der Waals surface area (Å²) in [6.07, 6.45) is 1.51. The number of halogens is 1. The Morgan fingerprint density at radius 1 is 1.12 bits per heavy atom. The van der Waals surface area contributed by atoms with Gasteiger partial charge < -0.3 is 0 Å². The lowest BCUT2D eigenvalue weighted by Crippen LogP contribution is -2.19. The molecule has 0 heterocycles. The first-order valence-electron chi connectivity index (χ1n) is 5.40. The summed E-state index contributed by atoms with van der Waals surface area (Å²) in [5.41, 5.74) is 0.463. The maximum absolute atomic E-state index is 11.7. The fourth-order valence-corrected chi connectivity index (χ4v) is 3.29. The van der Waals surface area contributed by atoms with Crippen LogP contribution in [0, 0.1) is 0 Å². The van der Waals surface area contributed by atoms with Gasteiger partial charge >= 0.3 is 0 Å². The van der Waals surface area contributed by atoms with E-state index < -0.39 is 9.84 Å². The summed E-state index contributed by atoms with van der Waals surface area (Å²) >= 11 is 2.21. The van der Waals surface area contributed by atoms with Crippen molar-refractivity contribution in [3.05, 3.63) is 35.9 Å². The number of Topliss-reactive ketones (excluding diaryl/α,β-unsaturated/α-hetero) is 1. The highest BCUT2D eigenvalue weighted by Gasteiger charge is 2.17. The summed E-state index contributed by atoms with van der Waals surface area (Å²) in [5, 5.41) is 0. The van der Waals surface area contributed by atoms with Crippen LogP contribution >= 0.6 is 22.6 Å². The maximum atomic E-state index is 11.7. The average Bonchev–Trinajstić information content (AvgIpc) is 2.30. The first-order valence-corrected chi connectivity index (χ1v) is 8.74. The van der Waals surface area contributed by atoms with E-state index in [4.69, 9.17) is 0 Å². The van der Waals surface area contributed by atoms with Crippen molar-refractivity contribution in [2.45, 2.75) is 12.8 Å². The second kappa shape index (κ2) is 7.10. The zero-order chi connectivity index (χ0) is 12.7. The lowest BCUT2D eigenvalue weighted by molar-refractivity contribution is 0.102. The van der Waals surface area contributed by atoms with Gasteiger partial charge in [-0.3, -0.25) is 4.79 Å². The van der Waals surface area contributed by atoms with Gasteiger partial charge in [0.15, 0.2) is 15.6 Å². The minimum absolute atomic E-state index is 0.106. The number of rotatable bonds is 7. The number of hydrogen-bond acceptors (Lipinski definition) is 3. The van der Waals surface area contributed by atoms with Crippen molar-refractivity contribution in [1.82, 2.24) is 0 Å². The molecule has 0 unspecified atom stereocenters. The monoisotopic (exact) mass is 366 g/mol. The summed E-state index contributed by atoms with van der Waals surface area (Å²) in [4.78, 5) is 11.7. The summed E-state index contributed by atoms with van der Waals surface area (Å²) in [6.45, 7) is 0. The molecule has 5 heteroatoms. The van der Waals surface area contributed by atoms with Crippen molar-refractivity contribution in [3.63, 3.8) is 0 Å². The number of ketones is 1. The van der Waals surface area contributed by atoms with Gasteiger partial charge in [-0.05, 0) is 17.3 Å². The first-order chi connectivity index (χ1) is 8.05. The fourth-order valence-electron chi connectivity index (χ4n) is 1.40. The molecule has 0 spiro atoms. The molecule has 3 nitrogen and oxygen atoms in total. The highest BCUT2D eigenvalue weighted by Crippen LogP contribution is 2.05. The first kappa shape index (κ1) is 14.6. The van der Waals surface area contributed by atoms with Crippen molar-refractivity contribution in [1.29, 1.82) is 0 Å². The molecule has 0 aliphatic rings. The van der Waals surface area contributed by atoms with Crippen LogP contribution in [0.4, 0.5) is 0 Å². The van der Waals surface area contributed by atoms with Gasteiger partial charge in [-0.15, -0.1) is 0 Å². The third-order valence-electron chi connectivity index (χ3n) is 2.29. The van der Waals surface area contributed by atoms with Crippen LogP contribution in [0.15, 0.2) is 30.3 Å². The van der Waals surface area contributed by atoms with E-state index >= 15 is 0 Å². The second-order valence-electron chi connectivity index (χ2n) is 3.78. The molecule has 94 valence electrons. The van der Waals surface area contributed by atoms with Gasteiger partial charge in [0.25, 0.3) is 0 Å². The van der Waals surface area contributed by atoms with Crippen LogP contribution < -0.4 is 0 Å². The second-order valence-corrected chi connectivity index (χ2v) is 7.04. The Hall–Kier alpha value is -0.430. The number of sulfone groups is 1. The van der Waals surface area contributed by atoms with Crippen molar-refractivity contribution >= 4 is 38.2 Å². The third kappa shape index (κ3) is 5.63. The van der Waals surface area contributed by atoms with Crippen LogP contribution in [-0.4, -0.2) is 30.1 Å². The van der Waals surface area contributed by atoms with Gasteiger partial charge in [0, 0.05) is 5.56 Å². The van der Waals surface area contributed by atoms with Crippen LogP contribution in [0.5, 0.6) is 0 Å². The molecule has 0 N–H and O–H groups in total. The number of benzene rings is 1. The van der Waals surface area contributed by atoms with Gasteiger partial charge in [-0.1, -0.05) is 52.9 Å². The molecule has 1 aromatic rings. The number of alkyl halides is 1. The number of carbonyl (C=O) groups is 1. The van der Waals surface area contributed by atoms with E-state index in [1.807, 2.05) is 0 Å². The summed E-state index contributed by atoms with van der Waals surface area (Å²) in [7, 11) is -3.25. The maximum Gasteiger partial charge on any atom is 0.177 e. The Labute approximate surface area is 116 Å². The minimum Gasteiger partial charge on any atom is -0.293 e. The molecule has 1 aromatic carbocycles. The van der Waals surface area contributed by atoms with Gasteiger partial charge in [-0.25, -0.2) is 8.42 Å². The average molecular weight is 366 g/mol. The Balaban J connectivity index is 2.56. The molecule has 0 fully saturated rings. The molecule has 1 rings (SSSR count). The van der Waals surface area contributed by atoms with Crippen molar-refractivity contribution in [2.75, 3.05) is 15.9 Å². The Bertz CT molecular complexity index is 454.